The van der Waals surface area contributed by atoms with E-state index in [2.05, 4.69) is 30.7 Å². The third kappa shape index (κ3) is 5.41. The van der Waals surface area contributed by atoms with E-state index < -0.39 is 23.8 Å². The summed E-state index contributed by atoms with van der Waals surface area (Å²) in [4.78, 5) is 36.3. The van der Waals surface area contributed by atoms with Gasteiger partial charge in [0.25, 0.3) is 0 Å². The van der Waals surface area contributed by atoms with Crippen LogP contribution < -0.4 is 9.64 Å². The van der Waals surface area contributed by atoms with E-state index >= 15 is 0 Å². The molecule has 0 radical (unpaired) electrons. The number of carbonyl (C=O) groups is 1. The van der Waals surface area contributed by atoms with E-state index in [1.807, 2.05) is 43.1 Å². The van der Waals surface area contributed by atoms with Crippen LogP contribution in [0.15, 0.2) is 67.4 Å². The first-order chi connectivity index (χ1) is 23.8. The van der Waals surface area contributed by atoms with Crippen molar-refractivity contribution < 1.29 is 23.0 Å². The summed E-state index contributed by atoms with van der Waals surface area (Å²) in [5.74, 6) is 0.253. The minimum absolute atomic E-state index is 0.0406. The highest BCUT2D eigenvalue weighted by Gasteiger charge is 2.41. The van der Waals surface area contributed by atoms with Crippen LogP contribution in [0.1, 0.15) is 19.2 Å². The van der Waals surface area contributed by atoms with Crippen molar-refractivity contribution in [1.29, 1.82) is 0 Å². The number of amides is 1. The second-order valence-electron chi connectivity index (χ2n) is 12.4. The molecule has 0 spiro atoms. The molecule has 1 saturated heterocycles. The SMILES string of the molecule is CCO[C@H]1CN(C)C(=O)[C@@H]2C[C@@H](CN2c2ncnc3c2cnn3-c2ccc(F)cc2F)Oc2cncc(c2)-c2cccc3nc(C)n(c23)C1. The van der Waals surface area contributed by atoms with Crippen molar-refractivity contribution in [3.05, 3.63) is 84.8 Å². The second-order valence-corrected chi connectivity index (χ2v) is 12.4. The van der Waals surface area contributed by atoms with Crippen LogP contribution in [-0.4, -0.2) is 90.1 Å². The summed E-state index contributed by atoms with van der Waals surface area (Å²) >= 11 is 0. The number of hydrogen-bond acceptors (Lipinski definition) is 9. The number of rotatable bonds is 4. The lowest BCUT2D eigenvalue weighted by atomic mass is 10.1. The Hall–Kier alpha value is -5.50. The third-order valence-electron chi connectivity index (χ3n) is 9.23. The van der Waals surface area contributed by atoms with Gasteiger partial charge < -0.3 is 23.8 Å². The maximum atomic E-state index is 14.8. The summed E-state index contributed by atoms with van der Waals surface area (Å²) in [5.41, 5.74) is 4.03. The van der Waals surface area contributed by atoms with E-state index in [1.165, 1.54) is 23.3 Å². The standard InChI is InChI=1S/C35H33F2N9O3/c1-4-48-25-16-43(3)35(47)31-12-24(49-23-10-21(13-38-14-23)26-6-5-7-29-32(26)44(18-25)20(2)42-29)17-45(31)33-27-15-41-46(34(27)40-19-39-33)30-9-8-22(36)11-28(30)37/h5-11,13-15,19,24-25,31H,4,12,16-18H2,1-3H3/t24-,25-,31-/m0/s1. The third-order valence-corrected chi connectivity index (χ3v) is 9.23. The second kappa shape index (κ2) is 12.2. The van der Waals surface area contributed by atoms with E-state index in [0.717, 1.165) is 40.1 Å². The number of benzene rings is 2. The van der Waals surface area contributed by atoms with Gasteiger partial charge in [-0.25, -0.2) is 28.4 Å². The first kappa shape index (κ1) is 30.8. The quantitative estimate of drug-likeness (QED) is 0.264. The normalized spacial score (nSPS) is 19.7. The van der Waals surface area contributed by atoms with Gasteiger partial charge in [-0.1, -0.05) is 12.1 Å². The largest absolute Gasteiger partial charge is 0.487 e. The van der Waals surface area contributed by atoms with Gasteiger partial charge in [-0.05, 0) is 38.1 Å². The van der Waals surface area contributed by atoms with Crippen LogP contribution in [0, 0.1) is 18.6 Å². The predicted octanol–water partition coefficient (Wildman–Crippen LogP) is 4.72. The van der Waals surface area contributed by atoms with Crippen molar-refractivity contribution in [1.82, 2.24) is 39.2 Å². The summed E-state index contributed by atoms with van der Waals surface area (Å²) in [6.45, 7) is 5.53. The van der Waals surface area contributed by atoms with Crippen LogP contribution in [0.25, 0.3) is 38.9 Å². The van der Waals surface area contributed by atoms with Crippen LogP contribution in [0.2, 0.25) is 0 Å². The molecular weight excluding hydrogens is 632 g/mol. The fourth-order valence-corrected chi connectivity index (χ4v) is 7.07. The summed E-state index contributed by atoms with van der Waals surface area (Å²) in [7, 11) is 1.78. The number of aromatic nitrogens is 7. The molecule has 1 fully saturated rings. The summed E-state index contributed by atoms with van der Waals surface area (Å²) in [6, 6.07) is 10.6. The molecule has 2 aliphatic rings. The summed E-state index contributed by atoms with van der Waals surface area (Å²) in [5, 5.41) is 4.89. The zero-order valence-electron chi connectivity index (χ0n) is 27.1. The molecule has 0 N–H and O–H groups in total. The number of halogens is 2. The van der Waals surface area contributed by atoms with E-state index in [0.29, 0.717) is 55.3 Å². The molecular formula is C35H33F2N9O3. The Morgan fingerprint density at radius 1 is 1.04 bits per heavy atom. The summed E-state index contributed by atoms with van der Waals surface area (Å²) < 4.78 is 44.7. The Morgan fingerprint density at radius 3 is 2.76 bits per heavy atom. The topological polar surface area (TPSA) is 116 Å². The first-order valence-corrected chi connectivity index (χ1v) is 16.1. The van der Waals surface area contributed by atoms with Crippen molar-refractivity contribution in [3.63, 3.8) is 0 Å². The Morgan fingerprint density at radius 2 is 1.92 bits per heavy atom. The molecule has 12 nitrogen and oxygen atoms in total. The highest BCUT2D eigenvalue weighted by atomic mass is 19.1. The monoisotopic (exact) mass is 665 g/mol. The molecule has 2 aromatic carbocycles. The molecule has 2 aliphatic heterocycles. The lowest BCUT2D eigenvalue weighted by molar-refractivity contribution is -0.133. The molecule has 4 aromatic heterocycles. The number of pyridine rings is 1. The number of nitrogens with zero attached hydrogens (tertiary/aromatic N) is 9. The van der Waals surface area contributed by atoms with Crippen LogP contribution in [0.3, 0.4) is 0 Å². The molecule has 49 heavy (non-hydrogen) atoms. The van der Waals surface area contributed by atoms with Crippen molar-refractivity contribution in [3.8, 4) is 22.6 Å². The van der Waals surface area contributed by atoms with Gasteiger partial charge in [0.15, 0.2) is 11.5 Å². The molecule has 4 bridgehead atoms. The zero-order valence-corrected chi connectivity index (χ0v) is 27.1. The molecule has 1 amide bonds. The summed E-state index contributed by atoms with van der Waals surface area (Å²) in [6.07, 6.45) is 6.02. The number of carbonyl (C=O) groups excluding carboxylic acids is 1. The number of fused-ring (bicyclic) bond motifs is 6. The number of anilines is 1. The number of ether oxygens (including phenoxy) is 2. The van der Waals surface area contributed by atoms with Crippen LogP contribution in [-0.2, 0) is 16.1 Å². The van der Waals surface area contributed by atoms with Crippen molar-refractivity contribution in [2.75, 3.05) is 31.6 Å². The lowest BCUT2D eigenvalue weighted by Gasteiger charge is -2.31. The predicted molar refractivity (Wildman–Crippen MR) is 177 cm³/mol. The molecule has 6 aromatic rings. The highest BCUT2D eigenvalue weighted by Crippen LogP contribution is 2.35. The van der Waals surface area contributed by atoms with E-state index in [4.69, 9.17) is 14.5 Å². The molecule has 0 aliphatic carbocycles. The minimum Gasteiger partial charge on any atom is -0.487 e. The maximum absolute atomic E-state index is 14.8. The van der Waals surface area contributed by atoms with E-state index in [9.17, 15) is 13.6 Å². The molecule has 8 rings (SSSR count). The minimum atomic E-state index is -0.781. The fourth-order valence-electron chi connectivity index (χ4n) is 7.07. The lowest BCUT2D eigenvalue weighted by Crippen LogP contribution is -2.47. The van der Waals surface area contributed by atoms with Gasteiger partial charge in [-0.15, -0.1) is 0 Å². The van der Waals surface area contributed by atoms with Crippen LogP contribution in [0.4, 0.5) is 14.6 Å². The molecule has 6 heterocycles. The Kier molecular flexibility index (Phi) is 7.66. The van der Waals surface area contributed by atoms with Crippen molar-refractivity contribution >= 4 is 33.8 Å². The van der Waals surface area contributed by atoms with Gasteiger partial charge in [0.2, 0.25) is 5.91 Å². The van der Waals surface area contributed by atoms with Gasteiger partial charge in [0.1, 0.15) is 47.4 Å². The van der Waals surface area contributed by atoms with E-state index in [1.54, 1.807) is 18.1 Å². The van der Waals surface area contributed by atoms with Gasteiger partial charge in [-0.3, -0.25) is 9.78 Å². The molecule has 0 saturated carbocycles. The Bertz CT molecular complexity index is 2220. The molecule has 3 atom stereocenters. The number of likely N-dealkylation sites (N-methyl/N-ethyl adjacent to an activating group) is 1. The van der Waals surface area contributed by atoms with Gasteiger partial charge in [0.05, 0.1) is 48.0 Å². The molecule has 0 unspecified atom stereocenters. The number of aryl methyl sites for hydroxylation is 1. The van der Waals surface area contributed by atoms with Gasteiger partial charge in [0, 0.05) is 50.0 Å². The molecule has 14 heteroatoms. The average Bonchev–Trinajstić information content (AvgIpc) is 3.79. The van der Waals surface area contributed by atoms with Gasteiger partial charge >= 0.3 is 0 Å². The van der Waals surface area contributed by atoms with Crippen LogP contribution >= 0.6 is 0 Å². The Balaban J connectivity index is 1.22. The number of imidazole rings is 1. The first-order valence-electron chi connectivity index (χ1n) is 16.1. The molecule has 250 valence electrons. The zero-order chi connectivity index (χ0) is 33.8. The smallest absolute Gasteiger partial charge is 0.245 e. The maximum Gasteiger partial charge on any atom is 0.245 e. The van der Waals surface area contributed by atoms with E-state index in [-0.39, 0.29) is 17.7 Å². The number of hydrogen-bond donors (Lipinski definition) is 0. The Labute approximate surface area is 279 Å². The average molecular weight is 666 g/mol. The van der Waals surface area contributed by atoms with Crippen molar-refractivity contribution in [2.45, 2.75) is 45.1 Å². The number of para-hydroxylation sites is 1. The van der Waals surface area contributed by atoms with Gasteiger partial charge in [-0.2, -0.15) is 5.10 Å². The fraction of sp³-hybridized carbons (Fsp3) is 0.314. The van der Waals surface area contributed by atoms with Crippen LogP contribution in [0.5, 0.6) is 5.75 Å². The highest BCUT2D eigenvalue weighted by molar-refractivity contribution is 5.94. The van der Waals surface area contributed by atoms with Crippen molar-refractivity contribution in [2.24, 2.45) is 0 Å².